The van der Waals surface area contributed by atoms with Crippen LogP contribution in [0.3, 0.4) is 0 Å². The summed E-state index contributed by atoms with van der Waals surface area (Å²) in [7, 11) is -3.81. The molecule has 1 unspecified atom stereocenters. The van der Waals surface area contributed by atoms with Gasteiger partial charge < -0.3 is 4.74 Å². The number of nitrogens with one attached hydrogen (secondary N) is 1. The second-order valence-electron chi connectivity index (χ2n) is 3.11. The fourth-order valence-corrected chi connectivity index (χ4v) is 1.72. The molecule has 0 saturated carbocycles. The minimum absolute atomic E-state index is 0.0954. The SMILES string of the molecule is NS(=O)(=O)c1n[nH]c(C2CCOC2)n1. The van der Waals surface area contributed by atoms with Crippen molar-refractivity contribution in [3.05, 3.63) is 5.82 Å². The van der Waals surface area contributed by atoms with Gasteiger partial charge in [0.05, 0.1) is 6.61 Å². The molecule has 1 aromatic rings. The van der Waals surface area contributed by atoms with Crippen molar-refractivity contribution in [2.45, 2.75) is 17.5 Å². The Kier molecular flexibility index (Phi) is 2.25. The summed E-state index contributed by atoms with van der Waals surface area (Å²) < 4.78 is 26.9. The Bertz CT molecular complexity index is 420. The summed E-state index contributed by atoms with van der Waals surface area (Å²) in [4.78, 5) is 3.80. The lowest BCUT2D eigenvalue weighted by Crippen LogP contribution is -2.14. The van der Waals surface area contributed by atoms with Crippen LogP contribution in [0.2, 0.25) is 0 Å². The van der Waals surface area contributed by atoms with E-state index < -0.39 is 10.0 Å². The summed E-state index contributed by atoms with van der Waals surface area (Å²) in [5.41, 5.74) is 0. The molecule has 2 heterocycles. The van der Waals surface area contributed by atoms with Crippen LogP contribution in [-0.2, 0) is 14.8 Å². The zero-order valence-corrected chi connectivity index (χ0v) is 8.12. The van der Waals surface area contributed by atoms with Crippen LogP contribution in [0.4, 0.5) is 0 Å². The summed E-state index contributed by atoms with van der Waals surface area (Å²) in [6.45, 7) is 1.20. The van der Waals surface area contributed by atoms with Crippen LogP contribution >= 0.6 is 0 Å². The molecule has 1 saturated heterocycles. The zero-order chi connectivity index (χ0) is 10.2. The van der Waals surface area contributed by atoms with Gasteiger partial charge in [0.25, 0.3) is 15.2 Å². The third-order valence-corrected chi connectivity index (χ3v) is 2.74. The van der Waals surface area contributed by atoms with Crippen molar-refractivity contribution < 1.29 is 13.2 Å². The highest BCUT2D eigenvalue weighted by molar-refractivity contribution is 7.89. The van der Waals surface area contributed by atoms with Crippen LogP contribution < -0.4 is 5.14 Å². The molecule has 14 heavy (non-hydrogen) atoms. The van der Waals surface area contributed by atoms with Gasteiger partial charge in [0.1, 0.15) is 5.82 Å². The van der Waals surface area contributed by atoms with Gasteiger partial charge >= 0.3 is 0 Å². The number of aromatic nitrogens is 3. The lowest BCUT2D eigenvalue weighted by Gasteiger charge is -1.99. The van der Waals surface area contributed by atoms with Crippen LogP contribution in [-0.4, -0.2) is 36.8 Å². The van der Waals surface area contributed by atoms with E-state index in [9.17, 15) is 8.42 Å². The zero-order valence-electron chi connectivity index (χ0n) is 7.30. The van der Waals surface area contributed by atoms with Crippen molar-refractivity contribution in [1.29, 1.82) is 0 Å². The molecule has 7 nitrogen and oxygen atoms in total. The third-order valence-electron chi connectivity index (χ3n) is 2.05. The number of H-pyrrole nitrogens is 1. The Hall–Kier alpha value is -0.990. The molecular weight excluding hydrogens is 208 g/mol. The fourth-order valence-electron chi connectivity index (χ4n) is 1.32. The van der Waals surface area contributed by atoms with Crippen molar-refractivity contribution in [3.8, 4) is 0 Å². The topological polar surface area (TPSA) is 111 Å². The molecule has 1 aliphatic heterocycles. The number of nitrogens with two attached hydrogens (primary N) is 1. The number of primary sulfonamides is 1. The average Bonchev–Trinajstić information content (AvgIpc) is 2.73. The Morgan fingerprint density at radius 2 is 2.36 bits per heavy atom. The second-order valence-corrected chi connectivity index (χ2v) is 4.56. The second kappa shape index (κ2) is 3.30. The van der Waals surface area contributed by atoms with Crippen molar-refractivity contribution in [3.63, 3.8) is 0 Å². The van der Waals surface area contributed by atoms with Gasteiger partial charge in [-0.3, -0.25) is 5.10 Å². The summed E-state index contributed by atoms with van der Waals surface area (Å²) in [5.74, 6) is 0.615. The van der Waals surface area contributed by atoms with Crippen molar-refractivity contribution in [2.75, 3.05) is 13.2 Å². The molecule has 3 N–H and O–H groups in total. The highest BCUT2D eigenvalue weighted by Gasteiger charge is 2.23. The molecule has 78 valence electrons. The summed E-state index contributed by atoms with van der Waals surface area (Å²) >= 11 is 0. The van der Waals surface area contributed by atoms with E-state index in [1.807, 2.05) is 0 Å². The maximum atomic E-state index is 10.9. The van der Waals surface area contributed by atoms with Gasteiger partial charge in [-0.2, -0.15) is 0 Å². The van der Waals surface area contributed by atoms with Gasteiger partial charge in [-0.05, 0) is 6.42 Å². The largest absolute Gasteiger partial charge is 0.381 e. The molecule has 0 spiro atoms. The minimum Gasteiger partial charge on any atom is -0.381 e. The van der Waals surface area contributed by atoms with E-state index in [2.05, 4.69) is 15.2 Å². The molecule has 1 aliphatic rings. The van der Waals surface area contributed by atoms with Crippen molar-refractivity contribution in [2.24, 2.45) is 5.14 Å². The number of aromatic amines is 1. The first kappa shape index (κ1) is 9.56. The molecule has 8 heteroatoms. The molecule has 0 amide bonds. The fraction of sp³-hybridized carbons (Fsp3) is 0.667. The lowest BCUT2D eigenvalue weighted by atomic mass is 10.1. The van der Waals surface area contributed by atoms with E-state index in [0.29, 0.717) is 19.0 Å². The van der Waals surface area contributed by atoms with Gasteiger partial charge in [0.2, 0.25) is 0 Å². The summed E-state index contributed by atoms with van der Waals surface area (Å²) in [6.07, 6.45) is 0.819. The normalized spacial score (nSPS) is 22.8. The lowest BCUT2D eigenvalue weighted by molar-refractivity contribution is 0.193. The van der Waals surface area contributed by atoms with Gasteiger partial charge in [0, 0.05) is 12.5 Å². The Morgan fingerprint density at radius 3 is 2.86 bits per heavy atom. The molecule has 1 aromatic heterocycles. The van der Waals surface area contributed by atoms with Crippen molar-refractivity contribution >= 4 is 10.0 Å². The average molecular weight is 218 g/mol. The van der Waals surface area contributed by atoms with Crippen LogP contribution in [0.1, 0.15) is 18.2 Å². The first-order valence-electron chi connectivity index (χ1n) is 4.10. The van der Waals surface area contributed by atoms with Gasteiger partial charge in [-0.15, -0.1) is 5.10 Å². The Labute approximate surface area is 80.7 Å². The van der Waals surface area contributed by atoms with E-state index in [-0.39, 0.29) is 11.1 Å². The van der Waals surface area contributed by atoms with Gasteiger partial charge in [-0.25, -0.2) is 18.5 Å². The molecule has 1 atom stereocenters. The Morgan fingerprint density at radius 1 is 1.57 bits per heavy atom. The summed E-state index contributed by atoms with van der Waals surface area (Å²) in [6, 6.07) is 0. The molecule has 2 rings (SSSR count). The predicted octanol–water partition coefficient (Wildman–Crippen LogP) is -1.04. The number of nitrogens with zero attached hydrogens (tertiary/aromatic N) is 2. The van der Waals surface area contributed by atoms with Crippen LogP contribution in [0.5, 0.6) is 0 Å². The highest BCUT2D eigenvalue weighted by atomic mass is 32.2. The van der Waals surface area contributed by atoms with E-state index in [1.165, 1.54) is 0 Å². The van der Waals surface area contributed by atoms with E-state index in [0.717, 1.165) is 6.42 Å². The minimum atomic E-state index is -3.81. The van der Waals surface area contributed by atoms with Crippen molar-refractivity contribution in [1.82, 2.24) is 15.2 Å². The number of rotatable bonds is 2. The molecular formula is C6H10N4O3S. The maximum absolute atomic E-state index is 10.9. The van der Waals surface area contributed by atoms with Crippen LogP contribution in [0.25, 0.3) is 0 Å². The number of hydrogen-bond donors (Lipinski definition) is 2. The molecule has 0 aromatic carbocycles. The number of sulfonamides is 1. The molecule has 1 fully saturated rings. The highest BCUT2D eigenvalue weighted by Crippen LogP contribution is 2.21. The number of hydrogen-bond acceptors (Lipinski definition) is 5. The first-order valence-corrected chi connectivity index (χ1v) is 5.65. The number of ether oxygens (including phenoxy) is 1. The van der Waals surface area contributed by atoms with Gasteiger partial charge in [0.15, 0.2) is 0 Å². The van der Waals surface area contributed by atoms with Crippen LogP contribution in [0, 0.1) is 0 Å². The van der Waals surface area contributed by atoms with E-state index >= 15 is 0 Å². The van der Waals surface area contributed by atoms with Crippen LogP contribution in [0.15, 0.2) is 5.16 Å². The summed E-state index contributed by atoms with van der Waals surface area (Å²) in [5, 5.41) is 10.6. The first-order chi connectivity index (χ1) is 6.57. The third kappa shape index (κ3) is 1.76. The molecule has 0 radical (unpaired) electrons. The predicted molar refractivity (Wildman–Crippen MR) is 45.9 cm³/mol. The molecule has 0 aliphatic carbocycles. The molecule has 0 bridgehead atoms. The standard InChI is InChI=1S/C6H10N4O3S/c7-14(11,12)6-8-5(9-10-6)4-1-2-13-3-4/h4H,1-3H2,(H2,7,11,12)(H,8,9,10). The van der Waals surface area contributed by atoms with Gasteiger partial charge in [-0.1, -0.05) is 0 Å². The Balaban J connectivity index is 2.25. The monoisotopic (exact) mass is 218 g/mol. The quantitative estimate of drug-likeness (QED) is 0.658. The smallest absolute Gasteiger partial charge is 0.282 e. The maximum Gasteiger partial charge on any atom is 0.282 e. The van der Waals surface area contributed by atoms with E-state index in [4.69, 9.17) is 9.88 Å². The van der Waals surface area contributed by atoms with E-state index in [1.54, 1.807) is 0 Å².